The van der Waals surface area contributed by atoms with Crippen molar-refractivity contribution in [2.45, 2.75) is 25.8 Å². The molecule has 2 rings (SSSR count). The molecule has 4 N–H and O–H groups in total. The summed E-state index contributed by atoms with van der Waals surface area (Å²) >= 11 is 0. The summed E-state index contributed by atoms with van der Waals surface area (Å²) in [4.78, 5) is 13.6. The van der Waals surface area contributed by atoms with Crippen LogP contribution in [0.25, 0.3) is 0 Å². The van der Waals surface area contributed by atoms with E-state index in [-0.39, 0.29) is 6.61 Å². The molecule has 1 aliphatic rings. The van der Waals surface area contributed by atoms with Crippen LogP contribution in [-0.2, 0) is 0 Å². The Balaban J connectivity index is 2.26. The highest BCUT2D eigenvalue weighted by atomic mass is 16.3. The van der Waals surface area contributed by atoms with Gasteiger partial charge in [-0.1, -0.05) is 6.07 Å². The van der Waals surface area contributed by atoms with E-state index in [1.54, 1.807) is 6.07 Å². The third-order valence-electron chi connectivity index (χ3n) is 3.73. The molecule has 1 fully saturated rings. The maximum absolute atomic E-state index is 11.6. The zero-order valence-electron chi connectivity index (χ0n) is 11.9. The first-order chi connectivity index (χ1) is 9.61. The number of nitrogens with one attached hydrogen (secondary N) is 1. The lowest BCUT2D eigenvalue weighted by Crippen LogP contribution is -2.40. The monoisotopic (exact) mass is 277 g/mol. The molecule has 1 unspecified atom stereocenters. The minimum atomic E-state index is -0.428. The van der Waals surface area contributed by atoms with E-state index in [1.165, 1.54) is 6.42 Å². The molecule has 5 nitrogen and oxygen atoms in total. The van der Waals surface area contributed by atoms with E-state index in [4.69, 9.17) is 5.73 Å². The van der Waals surface area contributed by atoms with Gasteiger partial charge in [-0.05, 0) is 44.0 Å². The van der Waals surface area contributed by atoms with Crippen LogP contribution in [0.1, 0.15) is 28.8 Å². The summed E-state index contributed by atoms with van der Waals surface area (Å²) in [5.41, 5.74) is 7.87. The molecule has 1 aliphatic heterocycles. The summed E-state index contributed by atoms with van der Waals surface area (Å²) in [5, 5.41) is 12.7. The molecular formula is C15H23N3O2. The molecule has 0 bridgehead atoms. The number of nitrogens with two attached hydrogens (primary N) is 1. The second-order valence-corrected chi connectivity index (χ2v) is 5.35. The van der Waals surface area contributed by atoms with Crippen LogP contribution in [0.3, 0.4) is 0 Å². The molecule has 1 aromatic rings. The number of aliphatic hydroxyl groups is 1. The molecule has 0 saturated carbocycles. The Morgan fingerprint density at radius 1 is 1.55 bits per heavy atom. The summed E-state index contributed by atoms with van der Waals surface area (Å²) in [6.45, 7) is 4.36. The number of benzene rings is 1. The quantitative estimate of drug-likeness (QED) is 0.713. The summed E-state index contributed by atoms with van der Waals surface area (Å²) in [7, 11) is 0. The predicted octanol–water partition coefficient (Wildman–Crippen LogP) is 0.645. The van der Waals surface area contributed by atoms with Crippen LogP contribution in [0, 0.1) is 6.92 Å². The first kappa shape index (κ1) is 14.8. The van der Waals surface area contributed by atoms with Crippen LogP contribution in [-0.4, -0.2) is 43.3 Å². The van der Waals surface area contributed by atoms with Gasteiger partial charge in [0.1, 0.15) is 0 Å². The Morgan fingerprint density at radius 2 is 2.35 bits per heavy atom. The van der Waals surface area contributed by atoms with Crippen molar-refractivity contribution < 1.29 is 9.90 Å². The lowest BCUT2D eigenvalue weighted by Gasteiger charge is -2.29. The first-order valence-corrected chi connectivity index (χ1v) is 7.11. The fourth-order valence-corrected chi connectivity index (χ4v) is 2.72. The maximum Gasteiger partial charge on any atom is 0.250 e. The van der Waals surface area contributed by atoms with Crippen molar-refractivity contribution in [3.05, 3.63) is 29.3 Å². The second-order valence-electron chi connectivity index (χ2n) is 5.35. The Bertz CT molecular complexity index is 470. The van der Waals surface area contributed by atoms with E-state index in [2.05, 4.69) is 10.2 Å². The minimum Gasteiger partial charge on any atom is -0.395 e. The van der Waals surface area contributed by atoms with Gasteiger partial charge in [-0.15, -0.1) is 0 Å². The number of aryl methyl sites for hydroxylation is 1. The summed E-state index contributed by atoms with van der Waals surface area (Å²) in [6.07, 6.45) is 2.30. The predicted molar refractivity (Wildman–Crippen MR) is 80.0 cm³/mol. The van der Waals surface area contributed by atoms with Crippen LogP contribution in [0.15, 0.2) is 18.2 Å². The average Bonchev–Trinajstić information content (AvgIpc) is 2.90. The van der Waals surface area contributed by atoms with Crippen molar-refractivity contribution in [3.63, 3.8) is 0 Å². The number of anilines is 1. The minimum absolute atomic E-state index is 0.0544. The van der Waals surface area contributed by atoms with E-state index < -0.39 is 5.91 Å². The van der Waals surface area contributed by atoms with Gasteiger partial charge in [0.25, 0.3) is 5.91 Å². The molecule has 1 aromatic carbocycles. The number of primary amides is 1. The third kappa shape index (κ3) is 3.49. The van der Waals surface area contributed by atoms with Gasteiger partial charge in [0.15, 0.2) is 0 Å². The third-order valence-corrected chi connectivity index (χ3v) is 3.73. The number of carbonyl (C=O) groups is 1. The van der Waals surface area contributed by atoms with Gasteiger partial charge in [0.2, 0.25) is 0 Å². The Kier molecular flexibility index (Phi) is 4.98. The number of aliphatic hydroxyl groups excluding tert-OH is 1. The lowest BCUT2D eigenvalue weighted by atomic mass is 10.1. The number of rotatable bonds is 6. The number of amides is 1. The fraction of sp³-hybridized carbons (Fsp3) is 0.533. The molecule has 0 radical (unpaired) electrons. The fourth-order valence-electron chi connectivity index (χ4n) is 2.72. The van der Waals surface area contributed by atoms with Crippen molar-refractivity contribution >= 4 is 11.6 Å². The zero-order valence-corrected chi connectivity index (χ0v) is 11.9. The van der Waals surface area contributed by atoms with Gasteiger partial charge < -0.3 is 21.1 Å². The van der Waals surface area contributed by atoms with Crippen LogP contribution in [0.5, 0.6) is 0 Å². The Morgan fingerprint density at radius 3 is 2.95 bits per heavy atom. The van der Waals surface area contributed by atoms with Gasteiger partial charge in [0.05, 0.1) is 12.2 Å². The SMILES string of the molecule is Cc1ccc(C(N)=O)c(N(CCO)CC2CCCN2)c1. The van der Waals surface area contributed by atoms with Crippen molar-refractivity contribution in [1.29, 1.82) is 0 Å². The molecule has 1 heterocycles. The lowest BCUT2D eigenvalue weighted by molar-refractivity contribution is 0.100. The van der Waals surface area contributed by atoms with E-state index in [1.807, 2.05) is 19.1 Å². The van der Waals surface area contributed by atoms with Crippen LogP contribution < -0.4 is 16.0 Å². The van der Waals surface area contributed by atoms with E-state index in [9.17, 15) is 9.90 Å². The summed E-state index contributed by atoms with van der Waals surface area (Å²) in [6, 6.07) is 6.02. The van der Waals surface area contributed by atoms with Gasteiger partial charge >= 0.3 is 0 Å². The van der Waals surface area contributed by atoms with Crippen molar-refractivity contribution in [2.24, 2.45) is 5.73 Å². The second kappa shape index (κ2) is 6.72. The smallest absolute Gasteiger partial charge is 0.250 e. The highest BCUT2D eigenvalue weighted by molar-refractivity contribution is 5.98. The standard InChI is InChI=1S/C15H23N3O2/c1-11-4-5-13(15(16)20)14(9-11)18(7-8-19)10-12-3-2-6-17-12/h4-5,9,12,17,19H,2-3,6-8,10H2,1H3,(H2,16,20). The highest BCUT2D eigenvalue weighted by Gasteiger charge is 2.21. The molecule has 20 heavy (non-hydrogen) atoms. The molecule has 1 saturated heterocycles. The van der Waals surface area contributed by atoms with Gasteiger partial charge in [-0.3, -0.25) is 4.79 Å². The molecule has 5 heteroatoms. The van der Waals surface area contributed by atoms with Gasteiger partial charge in [-0.25, -0.2) is 0 Å². The molecule has 0 aliphatic carbocycles. The number of carbonyl (C=O) groups excluding carboxylic acids is 1. The number of hydrogen-bond donors (Lipinski definition) is 3. The molecule has 1 amide bonds. The van der Waals surface area contributed by atoms with Crippen LogP contribution >= 0.6 is 0 Å². The molecule has 0 spiro atoms. The maximum atomic E-state index is 11.6. The van der Waals surface area contributed by atoms with Crippen molar-refractivity contribution in [3.8, 4) is 0 Å². The van der Waals surface area contributed by atoms with E-state index in [0.29, 0.717) is 18.2 Å². The Hall–Kier alpha value is -1.59. The van der Waals surface area contributed by atoms with E-state index >= 15 is 0 Å². The summed E-state index contributed by atoms with van der Waals surface area (Å²) < 4.78 is 0. The van der Waals surface area contributed by atoms with Crippen molar-refractivity contribution in [1.82, 2.24) is 5.32 Å². The van der Waals surface area contributed by atoms with Gasteiger partial charge in [-0.2, -0.15) is 0 Å². The van der Waals surface area contributed by atoms with Crippen LogP contribution in [0.2, 0.25) is 0 Å². The largest absolute Gasteiger partial charge is 0.395 e. The topological polar surface area (TPSA) is 78.6 Å². The summed E-state index contributed by atoms with van der Waals surface area (Å²) in [5.74, 6) is -0.428. The van der Waals surface area contributed by atoms with Crippen molar-refractivity contribution in [2.75, 3.05) is 31.1 Å². The molecule has 0 aromatic heterocycles. The molecular weight excluding hydrogens is 254 g/mol. The average molecular weight is 277 g/mol. The highest BCUT2D eigenvalue weighted by Crippen LogP contribution is 2.23. The zero-order chi connectivity index (χ0) is 14.5. The number of nitrogens with zero attached hydrogens (tertiary/aromatic N) is 1. The number of hydrogen-bond acceptors (Lipinski definition) is 4. The molecule has 110 valence electrons. The Labute approximate surface area is 119 Å². The molecule has 1 atom stereocenters. The van der Waals surface area contributed by atoms with Crippen LogP contribution in [0.4, 0.5) is 5.69 Å². The van der Waals surface area contributed by atoms with E-state index in [0.717, 1.165) is 30.8 Å². The first-order valence-electron chi connectivity index (χ1n) is 7.11. The van der Waals surface area contributed by atoms with Gasteiger partial charge in [0, 0.05) is 24.8 Å². The normalized spacial score (nSPS) is 18.2.